The van der Waals surface area contributed by atoms with Crippen molar-refractivity contribution in [1.29, 1.82) is 5.26 Å². The second kappa shape index (κ2) is 2.67. The van der Waals surface area contributed by atoms with Gasteiger partial charge in [0.1, 0.15) is 0 Å². The van der Waals surface area contributed by atoms with Gasteiger partial charge in [0.25, 0.3) is 11.7 Å². The highest BCUT2D eigenvalue weighted by molar-refractivity contribution is 6.51. The average molecular weight is 186 g/mol. The minimum Gasteiger partial charge on any atom is -0.318 e. The van der Waals surface area contributed by atoms with E-state index in [1.807, 2.05) is 6.07 Å². The van der Waals surface area contributed by atoms with Crippen LogP contribution in [0.2, 0.25) is 0 Å². The first-order chi connectivity index (χ1) is 6.63. The molecule has 1 heterocycles. The number of ketones is 1. The Morgan fingerprint density at radius 2 is 2.07 bits per heavy atom. The predicted octanol–water partition coefficient (Wildman–Crippen LogP) is 1.00. The van der Waals surface area contributed by atoms with Crippen LogP contribution in [-0.2, 0) is 4.79 Å². The maximum Gasteiger partial charge on any atom is 0.296 e. The Balaban J connectivity index is 2.71. The predicted molar refractivity (Wildman–Crippen MR) is 48.9 cm³/mol. The van der Waals surface area contributed by atoms with Crippen molar-refractivity contribution in [1.82, 2.24) is 0 Å². The number of nitrogens with one attached hydrogen (secondary N) is 1. The van der Waals surface area contributed by atoms with Gasteiger partial charge in [-0.3, -0.25) is 9.59 Å². The van der Waals surface area contributed by atoms with Gasteiger partial charge in [-0.2, -0.15) is 5.26 Å². The van der Waals surface area contributed by atoms with Gasteiger partial charge in [-0.25, -0.2) is 0 Å². The highest BCUT2D eigenvalue weighted by atomic mass is 16.2. The Morgan fingerprint density at radius 1 is 1.36 bits per heavy atom. The van der Waals surface area contributed by atoms with Crippen LogP contribution in [0.3, 0.4) is 0 Å². The molecular weight excluding hydrogens is 180 g/mol. The van der Waals surface area contributed by atoms with Crippen LogP contribution in [0.15, 0.2) is 12.1 Å². The summed E-state index contributed by atoms with van der Waals surface area (Å²) in [5, 5.41) is 11.1. The van der Waals surface area contributed by atoms with Gasteiger partial charge >= 0.3 is 0 Å². The highest BCUT2D eigenvalue weighted by Crippen LogP contribution is 2.27. The number of amides is 1. The van der Waals surface area contributed by atoms with E-state index in [1.54, 1.807) is 13.0 Å². The largest absolute Gasteiger partial charge is 0.318 e. The fourth-order valence-electron chi connectivity index (χ4n) is 1.49. The lowest BCUT2D eigenvalue weighted by Crippen LogP contribution is -2.12. The lowest BCUT2D eigenvalue weighted by atomic mass is 10.0. The smallest absolute Gasteiger partial charge is 0.296 e. The van der Waals surface area contributed by atoms with Crippen molar-refractivity contribution in [2.24, 2.45) is 0 Å². The molecule has 2 rings (SSSR count). The molecule has 68 valence electrons. The van der Waals surface area contributed by atoms with Gasteiger partial charge in [-0.15, -0.1) is 0 Å². The number of carbonyl (C=O) groups excluding carboxylic acids is 2. The van der Waals surface area contributed by atoms with Crippen LogP contribution in [-0.4, -0.2) is 11.7 Å². The number of anilines is 1. The van der Waals surface area contributed by atoms with Crippen molar-refractivity contribution in [3.8, 4) is 6.07 Å². The summed E-state index contributed by atoms with van der Waals surface area (Å²) in [5.74, 6) is -1.20. The first-order valence-corrected chi connectivity index (χ1v) is 4.04. The molecule has 1 aliphatic rings. The van der Waals surface area contributed by atoms with E-state index >= 15 is 0 Å². The first kappa shape index (κ1) is 8.45. The van der Waals surface area contributed by atoms with Crippen molar-refractivity contribution in [2.45, 2.75) is 6.92 Å². The average Bonchev–Trinajstić information content (AvgIpc) is 2.45. The third-order valence-electron chi connectivity index (χ3n) is 2.15. The van der Waals surface area contributed by atoms with Crippen LogP contribution < -0.4 is 5.32 Å². The Bertz CT molecular complexity index is 498. The zero-order valence-corrected chi connectivity index (χ0v) is 7.42. The van der Waals surface area contributed by atoms with E-state index in [0.29, 0.717) is 16.8 Å². The lowest BCUT2D eigenvalue weighted by Gasteiger charge is -2.01. The number of rotatable bonds is 0. The summed E-state index contributed by atoms with van der Waals surface area (Å²) in [6.07, 6.45) is 0. The van der Waals surface area contributed by atoms with E-state index in [1.165, 1.54) is 6.07 Å². The minimum atomic E-state index is -0.627. The number of aryl methyl sites for hydroxylation is 1. The van der Waals surface area contributed by atoms with Gasteiger partial charge in [-0.05, 0) is 24.6 Å². The molecule has 1 aromatic rings. The topological polar surface area (TPSA) is 70.0 Å². The Kier molecular flexibility index (Phi) is 1.61. The van der Waals surface area contributed by atoms with Crippen LogP contribution in [0.5, 0.6) is 0 Å². The van der Waals surface area contributed by atoms with Crippen LogP contribution >= 0.6 is 0 Å². The van der Waals surface area contributed by atoms with E-state index in [9.17, 15) is 9.59 Å². The molecule has 0 aliphatic carbocycles. The van der Waals surface area contributed by atoms with Crippen LogP contribution in [0.25, 0.3) is 0 Å². The molecule has 0 unspecified atom stereocenters. The van der Waals surface area contributed by atoms with Gasteiger partial charge in [0, 0.05) is 0 Å². The third-order valence-corrected chi connectivity index (χ3v) is 2.15. The fourth-order valence-corrected chi connectivity index (χ4v) is 1.49. The maximum atomic E-state index is 11.3. The van der Waals surface area contributed by atoms with Crippen molar-refractivity contribution in [3.63, 3.8) is 0 Å². The summed E-state index contributed by atoms with van der Waals surface area (Å²) >= 11 is 0. The van der Waals surface area contributed by atoms with E-state index in [0.717, 1.165) is 5.56 Å². The van der Waals surface area contributed by atoms with E-state index in [2.05, 4.69) is 5.32 Å². The van der Waals surface area contributed by atoms with Crippen molar-refractivity contribution >= 4 is 17.4 Å². The molecule has 1 aromatic carbocycles. The number of fused-ring (bicyclic) bond motifs is 1. The normalized spacial score (nSPS) is 13.4. The number of Topliss-reactive ketones (excluding diaryl/α,β-unsaturated/α-hetero) is 1. The maximum absolute atomic E-state index is 11.3. The fraction of sp³-hybridized carbons (Fsp3) is 0.100. The molecule has 0 aromatic heterocycles. The van der Waals surface area contributed by atoms with Gasteiger partial charge < -0.3 is 5.32 Å². The molecule has 0 saturated heterocycles. The zero-order valence-electron chi connectivity index (χ0n) is 7.42. The molecule has 14 heavy (non-hydrogen) atoms. The molecule has 1 N–H and O–H groups in total. The van der Waals surface area contributed by atoms with Gasteiger partial charge in [-0.1, -0.05) is 0 Å². The van der Waals surface area contributed by atoms with E-state index in [-0.39, 0.29) is 0 Å². The van der Waals surface area contributed by atoms with Crippen LogP contribution in [0, 0.1) is 18.3 Å². The van der Waals surface area contributed by atoms with E-state index in [4.69, 9.17) is 5.26 Å². The van der Waals surface area contributed by atoms with E-state index < -0.39 is 11.7 Å². The quantitative estimate of drug-likeness (QED) is 0.614. The molecule has 0 fully saturated rings. The molecule has 4 nitrogen and oxygen atoms in total. The van der Waals surface area contributed by atoms with Crippen molar-refractivity contribution < 1.29 is 9.59 Å². The standard InChI is InChI=1S/C10H6N2O2/c1-5-2-6(4-11)3-7-8(5)12-10(14)9(7)13/h2-3H,1H3,(H,12,13,14). The highest BCUT2D eigenvalue weighted by Gasteiger charge is 2.29. The molecule has 0 spiro atoms. The molecular formula is C10H6N2O2. The number of hydrogen-bond donors (Lipinski definition) is 1. The van der Waals surface area contributed by atoms with Crippen LogP contribution in [0.4, 0.5) is 5.69 Å². The summed E-state index contributed by atoms with van der Waals surface area (Å²) in [5.41, 5.74) is 1.95. The molecule has 0 saturated carbocycles. The lowest BCUT2D eigenvalue weighted by molar-refractivity contribution is -0.112. The summed E-state index contributed by atoms with van der Waals surface area (Å²) < 4.78 is 0. The summed E-state index contributed by atoms with van der Waals surface area (Å²) in [6.45, 7) is 1.75. The number of carbonyl (C=O) groups is 2. The monoisotopic (exact) mass is 186 g/mol. The minimum absolute atomic E-state index is 0.298. The Morgan fingerprint density at radius 3 is 2.71 bits per heavy atom. The summed E-state index contributed by atoms with van der Waals surface area (Å²) in [4.78, 5) is 22.3. The summed E-state index contributed by atoms with van der Waals surface area (Å²) in [6, 6.07) is 5.01. The number of nitrogens with zero attached hydrogens (tertiary/aromatic N) is 1. The summed E-state index contributed by atoms with van der Waals surface area (Å²) in [7, 11) is 0. The van der Waals surface area contributed by atoms with Crippen LogP contribution in [0.1, 0.15) is 21.5 Å². The molecule has 0 bridgehead atoms. The first-order valence-electron chi connectivity index (χ1n) is 4.04. The van der Waals surface area contributed by atoms with Gasteiger partial charge in [0.15, 0.2) is 0 Å². The number of nitriles is 1. The number of benzene rings is 1. The third kappa shape index (κ3) is 0.995. The Hall–Kier alpha value is -2.15. The molecule has 0 atom stereocenters. The molecule has 0 radical (unpaired) electrons. The molecule has 4 heteroatoms. The second-order valence-corrected chi connectivity index (χ2v) is 3.11. The van der Waals surface area contributed by atoms with Crippen molar-refractivity contribution in [3.05, 3.63) is 28.8 Å². The second-order valence-electron chi connectivity index (χ2n) is 3.11. The molecule has 1 aliphatic heterocycles. The van der Waals surface area contributed by atoms with Crippen molar-refractivity contribution in [2.75, 3.05) is 5.32 Å². The van der Waals surface area contributed by atoms with Gasteiger partial charge in [0.2, 0.25) is 0 Å². The van der Waals surface area contributed by atoms with Gasteiger partial charge in [0.05, 0.1) is 22.9 Å². The SMILES string of the molecule is Cc1cc(C#N)cc2c1NC(=O)C2=O. The Labute approximate surface area is 80.2 Å². The number of hydrogen-bond acceptors (Lipinski definition) is 3. The molecule has 1 amide bonds. The zero-order chi connectivity index (χ0) is 10.3.